The number of carboxylic acids is 1. The summed E-state index contributed by atoms with van der Waals surface area (Å²) in [6.45, 7) is 0. The summed E-state index contributed by atoms with van der Waals surface area (Å²) in [5.74, 6) is -1.51. The van der Waals surface area contributed by atoms with E-state index in [0.29, 0.717) is 12.0 Å². The number of carbonyl (C=O) groups is 2. The van der Waals surface area contributed by atoms with Crippen LogP contribution in [0.4, 0.5) is 0 Å². The van der Waals surface area contributed by atoms with Crippen LogP contribution < -0.4 is 5.32 Å². The third kappa shape index (κ3) is 3.50. The highest BCUT2D eigenvalue weighted by Crippen LogP contribution is 2.28. The van der Waals surface area contributed by atoms with Crippen LogP contribution >= 0.6 is 0 Å². The summed E-state index contributed by atoms with van der Waals surface area (Å²) in [5.41, 5.74) is 0.477. The van der Waals surface area contributed by atoms with Crippen molar-refractivity contribution in [3.63, 3.8) is 0 Å². The number of fused-ring (bicyclic) bond motifs is 2. The van der Waals surface area contributed by atoms with Gasteiger partial charge in [-0.1, -0.05) is 48.5 Å². The van der Waals surface area contributed by atoms with E-state index >= 15 is 0 Å². The molecule has 0 heterocycles. The van der Waals surface area contributed by atoms with Gasteiger partial charge in [-0.25, -0.2) is 4.79 Å². The van der Waals surface area contributed by atoms with Crippen LogP contribution in [0, 0.1) is 11.3 Å². The number of carbonyl (C=O) groups excluding carboxylic acids is 1. The first-order valence-electron chi connectivity index (χ1n) is 8.43. The SMILES string of the molecule is N#CCCC[C@@H](NC(=O)c1c2ccccc2cc2ccccc12)C(=O)O. The molecule has 3 aromatic rings. The minimum Gasteiger partial charge on any atom is -0.480 e. The number of benzene rings is 3. The molecule has 26 heavy (non-hydrogen) atoms. The van der Waals surface area contributed by atoms with E-state index in [-0.39, 0.29) is 12.8 Å². The molecule has 3 aromatic carbocycles. The van der Waals surface area contributed by atoms with Crippen LogP contribution in [0.25, 0.3) is 21.5 Å². The largest absolute Gasteiger partial charge is 0.480 e. The average Bonchev–Trinajstić information content (AvgIpc) is 2.65. The second-order valence-electron chi connectivity index (χ2n) is 6.11. The van der Waals surface area contributed by atoms with Gasteiger partial charge in [0.2, 0.25) is 0 Å². The molecule has 0 unspecified atom stereocenters. The molecule has 0 spiro atoms. The molecule has 0 aliphatic heterocycles. The number of amides is 1. The number of aliphatic carboxylic acids is 1. The molecule has 3 rings (SSSR count). The number of rotatable bonds is 6. The predicted molar refractivity (Wildman–Crippen MR) is 99.8 cm³/mol. The van der Waals surface area contributed by atoms with E-state index in [9.17, 15) is 14.7 Å². The summed E-state index contributed by atoms with van der Waals surface area (Å²) in [7, 11) is 0. The second-order valence-corrected chi connectivity index (χ2v) is 6.11. The van der Waals surface area contributed by atoms with Crippen LogP contribution in [-0.4, -0.2) is 23.0 Å². The van der Waals surface area contributed by atoms with Gasteiger partial charge in [0, 0.05) is 6.42 Å². The van der Waals surface area contributed by atoms with Crippen LogP contribution in [-0.2, 0) is 4.79 Å². The molecular formula is C21H18N2O3. The Morgan fingerprint density at radius 2 is 1.62 bits per heavy atom. The van der Waals surface area contributed by atoms with E-state index in [1.807, 2.05) is 60.7 Å². The number of carboxylic acid groups (broad SMARTS) is 1. The Morgan fingerprint density at radius 3 is 2.15 bits per heavy atom. The fraction of sp³-hybridized carbons (Fsp3) is 0.190. The monoisotopic (exact) mass is 346 g/mol. The highest BCUT2D eigenvalue weighted by molar-refractivity contribution is 6.18. The Labute approximate surface area is 150 Å². The van der Waals surface area contributed by atoms with Crippen molar-refractivity contribution in [3.05, 3.63) is 60.2 Å². The van der Waals surface area contributed by atoms with E-state index in [1.54, 1.807) is 0 Å². The van der Waals surface area contributed by atoms with E-state index in [0.717, 1.165) is 21.5 Å². The number of nitrogens with zero attached hydrogens (tertiary/aromatic N) is 1. The average molecular weight is 346 g/mol. The maximum atomic E-state index is 13.0. The number of hydrogen-bond donors (Lipinski definition) is 2. The van der Waals surface area contributed by atoms with E-state index in [1.165, 1.54) is 0 Å². The molecule has 2 N–H and O–H groups in total. The summed E-state index contributed by atoms with van der Waals surface area (Å²) < 4.78 is 0. The molecule has 0 saturated heterocycles. The maximum absolute atomic E-state index is 13.0. The lowest BCUT2D eigenvalue weighted by atomic mass is 9.96. The molecule has 0 radical (unpaired) electrons. The summed E-state index contributed by atoms with van der Waals surface area (Å²) in [5, 5.41) is 24.1. The van der Waals surface area contributed by atoms with Crippen LogP contribution in [0.3, 0.4) is 0 Å². The lowest BCUT2D eigenvalue weighted by molar-refractivity contribution is -0.139. The quantitative estimate of drug-likeness (QED) is 0.524. The summed E-state index contributed by atoms with van der Waals surface area (Å²) in [4.78, 5) is 24.5. The second kappa shape index (κ2) is 7.66. The van der Waals surface area contributed by atoms with Gasteiger partial charge in [0.05, 0.1) is 11.6 Å². The number of unbranched alkanes of at least 4 members (excludes halogenated alkanes) is 1. The molecule has 0 fully saturated rings. The van der Waals surface area contributed by atoms with E-state index in [4.69, 9.17) is 5.26 Å². The van der Waals surface area contributed by atoms with Crippen LogP contribution in [0.1, 0.15) is 29.6 Å². The molecule has 0 bridgehead atoms. The van der Waals surface area contributed by atoms with Crippen molar-refractivity contribution in [1.29, 1.82) is 5.26 Å². The molecule has 0 saturated carbocycles. The molecular weight excluding hydrogens is 328 g/mol. The zero-order valence-electron chi connectivity index (χ0n) is 14.1. The van der Waals surface area contributed by atoms with Crippen molar-refractivity contribution in [2.45, 2.75) is 25.3 Å². The first-order valence-corrected chi connectivity index (χ1v) is 8.43. The standard InChI is InChI=1S/C21H18N2O3/c22-12-6-5-11-18(21(25)26)23-20(24)19-16-9-3-1-7-14(16)13-15-8-2-4-10-17(15)19/h1-4,7-10,13,18H,5-6,11H2,(H,23,24)(H,25,26)/t18-/m1/s1. The van der Waals surface area contributed by atoms with Gasteiger partial charge in [-0.3, -0.25) is 4.79 Å². The molecule has 130 valence electrons. The first kappa shape index (κ1) is 17.4. The van der Waals surface area contributed by atoms with Crippen molar-refractivity contribution in [2.75, 3.05) is 0 Å². The molecule has 5 nitrogen and oxygen atoms in total. The number of nitrogens with one attached hydrogen (secondary N) is 1. The summed E-state index contributed by atoms with van der Waals surface area (Å²) in [6.07, 6.45) is 0.901. The fourth-order valence-electron chi connectivity index (χ4n) is 3.13. The van der Waals surface area contributed by atoms with Crippen molar-refractivity contribution < 1.29 is 14.7 Å². The Morgan fingerprint density at radius 1 is 1.04 bits per heavy atom. The van der Waals surface area contributed by atoms with Gasteiger partial charge in [0.1, 0.15) is 6.04 Å². The smallest absolute Gasteiger partial charge is 0.326 e. The Balaban J connectivity index is 2.03. The van der Waals surface area contributed by atoms with Crippen LogP contribution in [0.2, 0.25) is 0 Å². The molecule has 1 atom stereocenters. The van der Waals surface area contributed by atoms with Gasteiger partial charge in [-0.15, -0.1) is 0 Å². The van der Waals surface area contributed by atoms with Crippen molar-refractivity contribution >= 4 is 33.4 Å². The molecule has 5 heteroatoms. The molecule has 0 aromatic heterocycles. The molecule has 1 amide bonds. The normalized spacial score (nSPS) is 11.8. The topological polar surface area (TPSA) is 90.2 Å². The predicted octanol–water partition coefficient (Wildman–Crippen LogP) is 3.87. The Kier molecular flexibility index (Phi) is 5.14. The van der Waals surface area contributed by atoms with Gasteiger partial charge in [-0.2, -0.15) is 5.26 Å². The van der Waals surface area contributed by atoms with Gasteiger partial charge in [0.25, 0.3) is 5.91 Å². The minimum atomic E-state index is -1.10. The third-order valence-corrected chi connectivity index (χ3v) is 4.38. The summed E-state index contributed by atoms with van der Waals surface area (Å²) >= 11 is 0. The zero-order chi connectivity index (χ0) is 18.5. The lowest BCUT2D eigenvalue weighted by Crippen LogP contribution is -2.40. The van der Waals surface area contributed by atoms with Gasteiger partial charge in [-0.05, 0) is 40.5 Å². The third-order valence-electron chi connectivity index (χ3n) is 4.38. The van der Waals surface area contributed by atoms with Crippen LogP contribution in [0.5, 0.6) is 0 Å². The van der Waals surface area contributed by atoms with Crippen molar-refractivity contribution in [3.8, 4) is 6.07 Å². The van der Waals surface area contributed by atoms with Crippen LogP contribution in [0.15, 0.2) is 54.6 Å². The molecule has 0 aliphatic rings. The Hall–Kier alpha value is -3.39. The lowest BCUT2D eigenvalue weighted by Gasteiger charge is -2.16. The highest BCUT2D eigenvalue weighted by Gasteiger charge is 2.22. The molecule has 0 aliphatic carbocycles. The fourth-order valence-corrected chi connectivity index (χ4v) is 3.13. The summed E-state index contributed by atoms with van der Waals surface area (Å²) in [6, 6.07) is 18.1. The van der Waals surface area contributed by atoms with E-state index < -0.39 is 17.9 Å². The highest BCUT2D eigenvalue weighted by atomic mass is 16.4. The van der Waals surface area contributed by atoms with Crippen molar-refractivity contribution in [1.82, 2.24) is 5.32 Å². The maximum Gasteiger partial charge on any atom is 0.326 e. The minimum absolute atomic E-state index is 0.220. The van der Waals surface area contributed by atoms with Gasteiger partial charge in [0.15, 0.2) is 0 Å². The van der Waals surface area contributed by atoms with Gasteiger partial charge < -0.3 is 10.4 Å². The van der Waals surface area contributed by atoms with Crippen molar-refractivity contribution in [2.24, 2.45) is 0 Å². The zero-order valence-corrected chi connectivity index (χ0v) is 14.1. The van der Waals surface area contributed by atoms with E-state index in [2.05, 4.69) is 5.32 Å². The Bertz CT molecular complexity index is 967. The first-order chi connectivity index (χ1) is 12.6. The number of nitriles is 1. The number of hydrogen-bond acceptors (Lipinski definition) is 3. The van der Waals surface area contributed by atoms with Gasteiger partial charge >= 0.3 is 5.97 Å².